The Labute approximate surface area is 98.3 Å². The van der Waals surface area contributed by atoms with Gasteiger partial charge in [0.15, 0.2) is 0 Å². The van der Waals surface area contributed by atoms with E-state index < -0.39 is 0 Å². The van der Waals surface area contributed by atoms with Gasteiger partial charge in [0.1, 0.15) is 0 Å². The van der Waals surface area contributed by atoms with Crippen LogP contribution in [0.1, 0.15) is 19.8 Å². The normalized spacial score (nSPS) is 20.7. The van der Waals surface area contributed by atoms with Crippen molar-refractivity contribution in [2.24, 2.45) is 11.8 Å². The SMILES string of the molecule is CNCC1CCN(CC(C)C(=O)OC)CC1. The average Bonchev–Trinajstić information content (AvgIpc) is 2.31. The number of likely N-dealkylation sites (tertiary alicyclic amines) is 1. The van der Waals surface area contributed by atoms with Crippen LogP contribution in [-0.4, -0.2) is 51.2 Å². The molecule has 0 saturated carbocycles. The quantitative estimate of drug-likeness (QED) is 0.704. The summed E-state index contributed by atoms with van der Waals surface area (Å²) >= 11 is 0. The highest BCUT2D eigenvalue weighted by atomic mass is 16.5. The van der Waals surface area contributed by atoms with Crippen LogP contribution >= 0.6 is 0 Å². The molecule has 1 fully saturated rings. The van der Waals surface area contributed by atoms with Crippen molar-refractivity contribution in [3.05, 3.63) is 0 Å². The highest BCUT2D eigenvalue weighted by Gasteiger charge is 2.22. The molecule has 1 unspecified atom stereocenters. The molecule has 94 valence electrons. The number of methoxy groups -OCH3 is 1. The van der Waals surface area contributed by atoms with Crippen molar-refractivity contribution in [3.8, 4) is 0 Å². The molecule has 0 radical (unpaired) electrons. The molecule has 0 bridgehead atoms. The highest BCUT2D eigenvalue weighted by molar-refractivity contribution is 5.72. The number of nitrogens with zero attached hydrogens (tertiary/aromatic N) is 1. The number of esters is 1. The number of hydrogen-bond donors (Lipinski definition) is 1. The molecule has 1 aliphatic heterocycles. The standard InChI is InChI=1S/C12H24N2O2/c1-10(12(15)16-3)9-14-6-4-11(5-7-14)8-13-2/h10-11,13H,4-9H2,1-3H3. The molecule has 1 aliphatic rings. The Morgan fingerprint density at radius 1 is 1.50 bits per heavy atom. The van der Waals surface area contributed by atoms with Crippen LogP contribution in [-0.2, 0) is 9.53 Å². The van der Waals surface area contributed by atoms with Gasteiger partial charge in [0.05, 0.1) is 13.0 Å². The Hall–Kier alpha value is -0.610. The molecule has 0 aliphatic carbocycles. The third-order valence-electron chi connectivity index (χ3n) is 3.34. The Morgan fingerprint density at radius 2 is 2.12 bits per heavy atom. The largest absolute Gasteiger partial charge is 0.469 e. The first-order valence-electron chi connectivity index (χ1n) is 6.12. The Kier molecular flexibility index (Phi) is 5.77. The van der Waals surface area contributed by atoms with Crippen LogP contribution in [0.2, 0.25) is 0 Å². The summed E-state index contributed by atoms with van der Waals surface area (Å²) in [5.74, 6) is 0.692. The summed E-state index contributed by atoms with van der Waals surface area (Å²) in [6.07, 6.45) is 2.46. The summed E-state index contributed by atoms with van der Waals surface area (Å²) < 4.78 is 4.74. The van der Waals surface area contributed by atoms with Crippen LogP contribution in [0, 0.1) is 11.8 Å². The number of piperidine rings is 1. The van der Waals surface area contributed by atoms with Gasteiger partial charge < -0.3 is 15.0 Å². The fourth-order valence-corrected chi connectivity index (χ4v) is 2.32. The zero-order chi connectivity index (χ0) is 12.0. The monoisotopic (exact) mass is 228 g/mol. The van der Waals surface area contributed by atoms with Gasteiger partial charge in [-0.1, -0.05) is 6.92 Å². The molecular formula is C12H24N2O2. The molecule has 0 aromatic carbocycles. The van der Waals surface area contributed by atoms with Crippen molar-refractivity contribution >= 4 is 5.97 Å². The van der Waals surface area contributed by atoms with Crippen LogP contribution in [0.3, 0.4) is 0 Å². The Morgan fingerprint density at radius 3 is 2.62 bits per heavy atom. The molecule has 1 rings (SSSR count). The maximum absolute atomic E-state index is 11.3. The van der Waals surface area contributed by atoms with Crippen molar-refractivity contribution < 1.29 is 9.53 Å². The maximum atomic E-state index is 11.3. The first kappa shape index (κ1) is 13.5. The van der Waals surface area contributed by atoms with E-state index >= 15 is 0 Å². The van der Waals surface area contributed by atoms with Crippen molar-refractivity contribution in [3.63, 3.8) is 0 Å². The molecule has 4 heteroatoms. The zero-order valence-electron chi connectivity index (χ0n) is 10.7. The van der Waals surface area contributed by atoms with Gasteiger partial charge in [-0.2, -0.15) is 0 Å². The molecule has 1 N–H and O–H groups in total. The van der Waals surface area contributed by atoms with E-state index in [0.29, 0.717) is 0 Å². The minimum Gasteiger partial charge on any atom is -0.469 e. The average molecular weight is 228 g/mol. The van der Waals surface area contributed by atoms with Gasteiger partial charge in [-0.05, 0) is 45.4 Å². The fourth-order valence-electron chi connectivity index (χ4n) is 2.32. The van der Waals surface area contributed by atoms with E-state index in [1.165, 1.54) is 20.0 Å². The third kappa shape index (κ3) is 4.10. The van der Waals surface area contributed by atoms with E-state index in [0.717, 1.165) is 32.1 Å². The molecule has 1 atom stereocenters. The number of nitrogens with one attached hydrogen (secondary N) is 1. The molecule has 0 spiro atoms. The van der Waals surface area contributed by atoms with Gasteiger partial charge in [-0.15, -0.1) is 0 Å². The van der Waals surface area contributed by atoms with Gasteiger partial charge in [-0.25, -0.2) is 0 Å². The molecule has 1 saturated heterocycles. The first-order valence-corrected chi connectivity index (χ1v) is 6.12. The summed E-state index contributed by atoms with van der Waals surface area (Å²) in [6.45, 7) is 6.09. The molecule has 0 amide bonds. The molecule has 0 aromatic rings. The summed E-state index contributed by atoms with van der Waals surface area (Å²) in [5, 5.41) is 3.23. The summed E-state index contributed by atoms with van der Waals surface area (Å²) in [6, 6.07) is 0. The van der Waals surface area contributed by atoms with E-state index in [9.17, 15) is 4.79 Å². The Balaban J connectivity index is 2.24. The lowest BCUT2D eigenvalue weighted by atomic mass is 9.96. The van der Waals surface area contributed by atoms with Crippen LogP contribution in [0.4, 0.5) is 0 Å². The second-order valence-corrected chi connectivity index (χ2v) is 4.73. The maximum Gasteiger partial charge on any atom is 0.309 e. The predicted octanol–water partition coefficient (Wildman–Crippen LogP) is 0.727. The van der Waals surface area contributed by atoms with Gasteiger partial charge >= 0.3 is 5.97 Å². The van der Waals surface area contributed by atoms with Crippen LogP contribution in [0.5, 0.6) is 0 Å². The van der Waals surface area contributed by atoms with E-state index in [1.807, 2.05) is 14.0 Å². The summed E-state index contributed by atoms with van der Waals surface area (Å²) in [7, 11) is 3.46. The topological polar surface area (TPSA) is 41.6 Å². The fraction of sp³-hybridized carbons (Fsp3) is 0.917. The van der Waals surface area contributed by atoms with Crippen LogP contribution in [0.25, 0.3) is 0 Å². The Bertz CT molecular complexity index is 213. The minimum absolute atomic E-state index is 0.00847. The van der Waals surface area contributed by atoms with Crippen molar-refractivity contribution in [1.29, 1.82) is 0 Å². The van der Waals surface area contributed by atoms with E-state index in [-0.39, 0.29) is 11.9 Å². The predicted molar refractivity (Wildman–Crippen MR) is 64.3 cm³/mol. The number of carbonyl (C=O) groups is 1. The van der Waals surface area contributed by atoms with Crippen molar-refractivity contribution in [1.82, 2.24) is 10.2 Å². The second kappa shape index (κ2) is 6.86. The van der Waals surface area contributed by atoms with Crippen molar-refractivity contribution in [2.75, 3.05) is 40.3 Å². The first-order chi connectivity index (χ1) is 7.67. The number of rotatable bonds is 5. The van der Waals surface area contributed by atoms with Gasteiger partial charge in [0, 0.05) is 6.54 Å². The van der Waals surface area contributed by atoms with Gasteiger partial charge in [0.25, 0.3) is 0 Å². The second-order valence-electron chi connectivity index (χ2n) is 4.73. The lowest BCUT2D eigenvalue weighted by Crippen LogP contribution is -2.40. The van der Waals surface area contributed by atoms with E-state index in [2.05, 4.69) is 10.2 Å². The third-order valence-corrected chi connectivity index (χ3v) is 3.34. The molecular weight excluding hydrogens is 204 g/mol. The minimum atomic E-state index is -0.0997. The van der Waals surface area contributed by atoms with Gasteiger partial charge in [0.2, 0.25) is 0 Å². The van der Waals surface area contributed by atoms with Crippen LogP contribution in [0.15, 0.2) is 0 Å². The van der Waals surface area contributed by atoms with E-state index in [1.54, 1.807) is 0 Å². The lowest BCUT2D eigenvalue weighted by Gasteiger charge is -2.32. The highest BCUT2D eigenvalue weighted by Crippen LogP contribution is 2.17. The van der Waals surface area contributed by atoms with E-state index in [4.69, 9.17) is 4.74 Å². The molecule has 0 aromatic heterocycles. The lowest BCUT2D eigenvalue weighted by molar-refractivity contribution is -0.145. The summed E-state index contributed by atoms with van der Waals surface area (Å²) in [5.41, 5.74) is 0. The summed E-state index contributed by atoms with van der Waals surface area (Å²) in [4.78, 5) is 13.7. The molecule has 16 heavy (non-hydrogen) atoms. The number of ether oxygens (including phenoxy) is 1. The van der Waals surface area contributed by atoms with Gasteiger partial charge in [-0.3, -0.25) is 4.79 Å². The smallest absolute Gasteiger partial charge is 0.309 e. The van der Waals surface area contributed by atoms with Crippen molar-refractivity contribution in [2.45, 2.75) is 19.8 Å². The number of hydrogen-bond acceptors (Lipinski definition) is 4. The number of carbonyl (C=O) groups excluding carboxylic acids is 1. The van der Waals surface area contributed by atoms with Crippen LogP contribution < -0.4 is 5.32 Å². The zero-order valence-corrected chi connectivity index (χ0v) is 10.7. The molecule has 1 heterocycles. The molecule has 4 nitrogen and oxygen atoms in total.